The van der Waals surface area contributed by atoms with Gasteiger partial charge in [0, 0.05) is 5.56 Å². The zero-order valence-electron chi connectivity index (χ0n) is 9.01. The molecule has 1 aromatic heterocycles. The molecule has 80 valence electrons. The minimum absolute atomic E-state index is 0.215. The monoisotopic (exact) mass is 212 g/mol. The van der Waals surface area contributed by atoms with Crippen LogP contribution in [-0.2, 0) is 0 Å². The second kappa shape index (κ2) is 4.10. The van der Waals surface area contributed by atoms with Gasteiger partial charge in [-0.05, 0) is 12.5 Å². The number of rotatable bonds is 2. The van der Waals surface area contributed by atoms with Crippen LogP contribution in [-0.4, -0.2) is 15.0 Å². The van der Waals surface area contributed by atoms with Crippen LogP contribution in [0.2, 0.25) is 0 Å². The average Bonchev–Trinajstić information content (AvgIpc) is 2.29. The highest BCUT2D eigenvalue weighted by atomic mass is 15.1. The molecular weight excluding hydrogens is 200 g/mol. The summed E-state index contributed by atoms with van der Waals surface area (Å²) in [5, 5.41) is 0. The maximum Gasteiger partial charge on any atom is 0.224 e. The standard InChI is InChI=1S/C12H12N4/c1-8(2)10-14-11(16-12(13)15-10)9-6-4-3-5-7-9/h3-7H,1H2,2H3,(H2,13,14,15,16). The molecule has 2 N–H and O–H groups in total. The Kier molecular flexibility index (Phi) is 2.64. The van der Waals surface area contributed by atoms with E-state index in [-0.39, 0.29) is 5.95 Å². The third-order valence-electron chi connectivity index (χ3n) is 2.07. The number of benzene rings is 1. The first-order valence-electron chi connectivity index (χ1n) is 4.89. The molecule has 4 nitrogen and oxygen atoms in total. The molecule has 0 fully saturated rings. The molecule has 0 aliphatic carbocycles. The minimum atomic E-state index is 0.215. The molecule has 0 aliphatic heterocycles. The Bertz CT molecular complexity index is 520. The van der Waals surface area contributed by atoms with Crippen molar-refractivity contribution >= 4 is 11.5 Å². The second-order valence-corrected chi connectivity index (χ2v) is 3.49. The molecular formula is C12H12N4. The highest BCUT2D eigenvalue weighted by molar-refractivity contribution is 5.61. The predicted octanol–water partition coefficient (Wildman–Crippen LogP) is 2.15. The molecule has 0 saturated heterocycles. The Morgan fingerprint density at radius 2 is 1.81 bits per heavy atom. The van der Waals surface area contributed by atoms with Crippen molar-refractivity contribution in [2.75, 3.05) is 5.73 Å². The summed E-state index contributed by atoms with van der Waals surface area (Å²) < 4.78 is 0. The van der Waals surface area contributed by atoms with Gasteiger partial charge in [-0.3, -0.25) is 0 Å². The van der Waals surface area contributed by atoms with Crippen LogP contribution in [0.25, 0.3) is 17.0 Å². The molecule has 0 aliphatic rings. The largest absolute Gasteiger partial charge is 0.368 e. The van der Waals surface area contributed by atoms with E-state index in [1.54, 1.807) is 0 Å². The van der Waals surface area contributed by atoms with Gasteiger partial charge in [-0.2, -0.15) is 9.97 Å². The zero-order valence-corrected chi connectivity index (χ0v) is 9.01. The summed E-state index contributed by atoms with van der Waals surface area (Å²) in [5.74, 6) is 1.32. The Morgan fingerprint density at radius 1 is 1.12 bits per heavy atom. The fourth-order valence-corrected chi connectivity index (χ4v) is 1.30. The molecule has 0 saturated carbocycles. The van der Waals surface area contributed by atoms with E-state index in [2.05, 4.69) is 21.5 Å². The van der Waals surface area contributed by atoms with Crippen molar-refractivity contribution in [3.8, 4) is 11.4 Å². The highest BCUT2D eigenvalue weighted by Gasteiger charge is 2.06. The Labute approximate surface area is 93.9 Å². The van der Waals surface area contributed by atoms with Gasteiger partial charge in [0.2, 0.25) is 5.95 Å². The second-order valence-electron chi connectivity index (χ2n) is 3.49. The van der Waals surface area contributed by atoms with Gasteiger partial charge in [-0.25, -0.2) is 4.98 Å². The lowest BCUT2D eigenvalue weighted by molar-refractivity contribution is 1.04. The average molecular weight is 212 g/mol. The lowest BCUT2D eigenvalue weighted by Crippen LogP contribution is -2.03. The Hall–Kier alpha value is -2.23. The van der Waals surface area contributed by atoms with E-state index in [0.717, 1.165) is 11.1 Å². The van der Waals surface area contributed by atoms with Gasteiger partial charge in [0.15, 0.2) is 11.6 Å². The molecule has 16 heavy (non-hydrogen) atoms. The van der Waals surface area contributed by atoms with Crippen LogP contribution in [0.15, 0.2) is 36.9 Å². The van der Waals surface area contributed by atoms with Crippen molar-refractivity contribution in [1.29, 1.82) is 0 Å². The molecule has 2 rings (SSSR count). The van der Waals surface area contributed by atoms with E-state index >= 15 is 0 Å². The van der Waals surface area contributed by atoms with Gasteiger partial charge in [0.25, 0.3) is 0 Å². The maximum atomic E-state index is 5.63. The molecule has 0 spiro atoms. The van der Waals surface area contributed by atoms with Crippen LogP contribution in [0, 0.1) is 0 Å². The third-order valence-corrected chi connectivity index (χ3v) is 2.07. The van der Waals surface area contributed by atoms with Crippen molar-refractivity contribution in [3.05, 3.63) is 42.7 Å². The number of nitrogens with zero attached hydrogens (tertiary/aromatic N) is 3. The van der Waals surface area contributed by atoms with E-state index in [4.69, 9.17) is 5.73 Å². The Morgan fingerprint density at radius 3 is 2.44 bits per heavy atom. The fourth-order valence-electron chi connectivity index (χ4n) is 1.30. The van der Waals surface area contributed by atoms with Crippen molar-refractivity contribution in [1.82, 2.24) is 15.0 Å². The summed E-state index contributed by atoms with van der Waals surface area (Å²) >= 11 is 0. The summed E-state index contributed by atoms with van der Waals surface area (Å²) in [4.78, 5) is 12.4. The lowest BCUT2D eigenvalue weighted by Gasteiger charge is -2.04. The first kappa shape index (κ1) is 10.3. The maximum absolute atomic E-state index is 5.63. The summed E-state index contributed by atoms with van der Waals surface area (Å²) in [6, 6.07) is 9.65. The van der Waals surface area contributed by atoms with Crippen LogP contribution in [0.4, 0.5) is 5.95 Å². The number of anilines is 1. The molecule has 0 bridgehead atoms. The number of hydrogen-bond donors (Lipinski definition) is 1. The van der Waals surface area contributed by atoms with Crippen LogP contribution < -0.4 is 5.73 Å². The number of nitrogen functional groups attached to an aromatic ring is 1. The molecule has 4 heteroatoms. The van der Waals surface area contributed by atoms with Crippen molar-refractivity contribution < 1.29 is 0 Å². The number of hydrogen-bond acceptors (Lipinski definition) is 4. The van der Waals surface area contributed by atoms with E-state index < -0.39 is 0 Å². The van der Waals surface area contributed by atoms with Crippen molar-refractivity contribution in [3.63, 3.8) is 0 Å². The van der Waals surface area contributed by atoms with Crippen LogP contribution >= 0.6 is 0 Å². The van der Waals surface area contributed by atoms with E-state index in [1.165, 1.54) is 0 Å². The quantitative estimate of drug-likeness (QED) is 0.828. The number of aromatic nitrogens is 3. The number of allylic oxidation sites excluding steroid dienone is 1. The van der Waals surface area contributed by atoms with E-state index in [1.807, 2.05) is 37.3 Å². The van der Waals surface area contributed by atoms with Crippen LogP contribution in [0.3, 0.4) is 0 Å². The zero-order chi connectivity index (χ0) is 11.5. The molecule has 0 amide bonds. The van der Waals surface area contributed by atoms with Crippen LogP contribution in [0.1, 0.15) is 12.7 Å². The van der Waals surface area contributed by atoms with Gasteiger partial charge in [0.05, 0.1) is 0 Å². The first-order valence-corrected chi connectivity index (χ1v) is 4.89. The molecule has 0 radical (unpaired) electrons. The third kappa shape index (κ3) is 2.06. The van der Waals surface area contributed by atoms with Gasteiger partial charge >= 0.3 is 0 Å². The highest BCUT2D eigenvalue weighted by Crippen LogP contribution is 2.16. The SMILES string of the molecule is C=C(C)c1nc(N)nc(-c2ccccc2)n1. The molecule has 1 heterocycles. The summed E-state index contributed by atoms with van der Waals surface area (Å²) in [7, 11) is 0. The summed E-state index contributed by atoms with van der Waals surface area (Å²) in [6.45, 7) is 5.63. The summed E-state index contributed by atoms with van der Waals surface area (Å²) in [5.41, 5.74) is 7.32. The van der Waals surface area contributed by atoms with Gasteiger partial charge in [-0.15, -0.1) is 0 Å². The molecule has 0 unspecified atom stereocenters. The van der Waals surface area contributed by atoms with Gasteiger partial charge < -0.3 is 5.73 Å². The Balaban J connectivity index is 2.54. The minimum Gasteiger partial charge on any atom is -0.368 e. The normalized spacial score (nSPS) is 10.1. The smallest absolute Gasteiger partial charge is 0.224 e. The topological polar surface area (TPSA) is 64.7 Å². The number of nitrogens with two attached hydrogens (primary N) is 1. The summed E-state index contributed by atoms with van der Waals surface area (Å²) in [6.07, 6.45) is 0. The fraction of sp³-hybridized carbons (Fsp3) is 0.0833. The van der Waals surface area contributed by atoms with Crippen LogP contribution in [0.5, 0.6) is 0 Å². The molecule has 0 atom stereocenters. The van der Waals surface area contributed by atoms with E-state index in [9.17, 15) is 0 Å². The van der Waals surface area contributed by atoms with Gasteiger partial charge in [-0.1, -0.05) is 36.9 Å². The van der Waals surface area contributed by atoms with Crippen molar-refractivity contribution in [2.24, 2.45) is 0 Å². The predicted molar refractivity (Wildman–Crippen MR) is 64.4 cm³/mol. The van der Waals surface area contributed by atoms with Crippen molar-refractivity contribution in [2.45, 2.75) is 6.92 Å². The van der Waals surface area contributed by atoms with Gasteiger partial charge in [0.1, 0.15) is 0 Å². The molecule has 2 aromatic rings. The first-order chi connectivity index (χ1) is 7.66. The molecule has 1 aromatic carbocycles. The lowest BCUT2D eigenvalue weighted by atomic mass is 10.2. The van der Waals surface area contributed by atoms with E-state index in [0.29, 0.717) is 11.6 Å².